The number of H-pyrrole nitrogens is 1. The van der Waals surface area contributed by atoms with Gasteiger partial charge in [-0.05, 0) is 57.8 Å². The van der Waals surface area contributed by atoms with Crippen LogP contribution in [0.2, 0.25) is 0 Å². The summed E-state index contributed by atoms with van der Waals surface area (Å²) in [7, 11) is 0. The Hall–Kier alpha value is -0.440. The first-order valence-corrected chi connectivity index (χ1v) is 9.58. The number of thioether (sulfide) groups is 1. The first-order valence-electron chi connectivity index (χ1n) is 8.29. The summed E-state index contributed by atoms with van der Waals surface area (Å²) < 4.78 is 0. The maximum Gasteiger partial charge on any atom is 0.191 e. The Labute approximate surface area is 161 Å². The summed E-state index contributed by atoms with van der Waals surface area (Å²) in [5.41, 5.74) is 2.47. The number of nitrogens with zero attached hydrogens (tertiary/aromatic N) is 2. The number of guanidine groups is 1. The Kier molecular flexibility index (Phi) is 10.0. The van der Waals surface area contributed by atoms with E-state index in [1.54, 1.807) is 0 Å². The third-order valence-electron chi connectivity index (χ3n) is 4.21. The monoisotopic (exact) mass is 451 g/mol. The number of hydrogen-bond acceptors (Lipinski definition) is 3. The van der Waals surface area contributed by atoms with Crippen molar-refractivity contribution in [1.29, 1.82) is 0 Å². The molecule has 23 heavy (non-hydrogen) atoms. The molecule has 1 saturated carbocycles. The first-order chi connectivity index (χ1) is 10.7. The van der Waals surface area contributed by atoms with Gasteiger partial charge in [0.25, 0.3) is 0 Å². The van der Waals surface area contributed by atoms with E-state index in [2.05, 4.69) is 40.9 Å². The van der Waals surface area contributed by atoms with Crippen LogP contribution in [0.15, 0.2) is 11.2 Å². The molecule has 2 atom stereocenters. The fraction of sp³-hybridized carbons (Fsp3) is 0.750. The summed E-state index contributed by atoms with van der Waals surface area (Å²) in [6.45, 7) is 5.94. The largest absolute Gasteiger partial charge is 0.357 e. The van der Waals surface area contributed by atoms with Crippen molar-refractivity contribution in [3.05, 3.63) is 17.5 Å². The molecule has 0 amide bonds. The zero-order valence-corrected chi connectivity index (χ0v) is 17.5. The van der Waals surface area contributed by atoms with Gasteiger partial charge in [0, 0.05) is 30.1 Å². The van der Waals surface area contributed by atoms with Crippen molar-refractivity contribution in [3.63, 3.8) is 0 Å². The highest BCUT2D eigenvalue weighted by Crippen LogP contribution is 2.27. The molecule has 0 saturated heterocycles. The lowest BCUT2D eigenvalue weighted by atomic mass is 10.1. The van der Waals surface area contributed by atoms with Gasteiger partial charge in [-0.2, -0.15) is 16.9 Å². The van der Waals surface area contributed by atoms with Crippen LogP contribution in [0.3, 0.4) is 0 Å². The topological polar surface area (TPSA) is 65.1 Å². The molecule has 0 spiro atoms. The van der Waals surface area contributed by atoms with Crippen LogP contribution < -0.4 is 10.6 Å². The molecule has 0 radical (unpaired) electrons. The van der Waals surface area contributed by atoms with Crippen LogP contribution >= 0.6 is 35.7 Å². The van der Waals surface area contributed by atoms with Crippen molar-refractivity contribution in [1.82, 2.24) is 20.8 Å². The van der Waals surface area contributed by atoms with Crippen LogP contribution in [-0.2, 0) is 6.42 Å². The summed E-state index contributed by atoms with van der Waals surface area (Å²) in [5, 5.41) is 14.8. The quantitative estimate of drug-likeness (QED) is 0.258. The van der Waals surface area contributed by atoms with Gasteiger partial charge in [0.2, 0.25) is 0 Å². The summed E-state index contributed by atoms with van der Waals surface area (Å²) in [6.07, 6.45) is 10.0. The molecule has 1 aromatic rings. The summed E-state index contributed by atoms with van der Waals surface area (Å²) in [6, 6.07) is 0.575. The molecule has 1 aromatic heterocycles. The Bertz CT molecular complexity index is 477. The van der Waals surface area contributed by atoms with Gasteiger partial charge in [0.15, 0.2) is 5.96 Å². The van der Waals surface area contributed by atoms with Crippen molar-refractivity contribution in [2.75, 3.05) is 19.3 Å². The molecule has 1 aliphatic carbocycles. The number of rotatable bonds is 7. The summed E-state index contributed by atoms with van der Waals surface area (Å²) in [4.78, 5) is 4.71. The molecule has 2 rings (SSSR count). The third kappa shape index (κ3) is 6.91. The van der Waals surface area contributed by atoms with Crippen molar-refractivity contribution in [2.24, 2.45) is 4.99 Å². The van der Waals surface area contributed by atoms with Gasteiger partial charge in [0.05, 0.1) is 6.20 Å². The molecule has 1 heterocycles. The molecule has 7 heteroatoms. The van der Waals surface area contributed by atoms with E-state index in [-0.39, 0.29) is 24.0 Å². The van der Waals surface area contributed by atoms with Gasteiger partial charge in [-0.1, -0.05) is 0 Å². The van der Waals surface area contributed by atoms with Crippen LogP contribution in [-0.4, -0.2) is 46.8 Å². The summed E-state index contributed by atoms with van der Waals surface area (Å²) in [5.74, 6) is 0.971. The van der Waals surface area contributed by atoms with Gasteiger partial charge >= 0.3 is 0 Å². The van der Waals surface area contributed by atoms with E-state index in [9.17, 15) is 0 Å². The lowest BCUT2D eigenvalue weighted by Gasteiger charge is -2.17. The molecule has 0 bridgehead atoms. The Morgan fingerprint density at radius 3 is 2.91 bits per heavy atom. The molecule has 0 aromatic carbocycles. The van der Waals surface area contributed by atoms with Gasteiger partial charge in [0.1, 0.15) is 0 Å². The van der Waals surface area contributed by atoms with E-state index < -0.39 is 0 Å². The second-order valence-corrected chi connectivity index (χ2v) is 7.03. The smallest absolute Gasteiger partial charge is 0.191 e. The lowest BCUT2D eigenvalue weighted by molar-refractivity contribution is 0.614. The Morgan fingerprint density at radius 2 is 2.30 bits per heavy atom. The van der Waals surface area contributed by atoms with Crippen molar-refractivity contribution in [3.8, 4) is 0 Å². The molecule has 3 N–H and O–H groups in total. The number of nitrogens with one attached hydrogen (secondary N) is 3. The molecule has 1 fully saturated rings. The number of aromatic nitrogens is 2. The van der Waals surface area contributed by atoms with E-state index in [0.717, 1.165) is 37.1 Å². The van der Waals surface area contributed by atoms with Gasteiger partial charge in [-0.3, -0.25) is 10.1 Å². The minimum Gasteiger partial charge on any atom is -0.357 e. The average molecular weight is 451 g/mol. The van der Waals surface area contributed by atoms with Crippen molar-refractivity contribution >= 4 is 41.7 Å². The second-order valence-electron chi connectivity index (χ2n) is 5.90. The minimum absolute atomic E-state index is 0. The van der Waals surface area contributed by atoms with E-state index in [4.69, 9.17) is 4.99 Å². The average Bonchev–Trinajstić information content (AvgIpc) is 3.13. The summed E-state index contributed by atoms with van der Waals surface area (Å²) >= 11 is 1.99. The molecule has 2 unspecified atom stereocenters. The van der Waals surface area contributed by atoms with Crippen molar-refractivity contribution < 1.29 is 0 Å². The molecule has 132 valence electrons. The Morgan fingerprint density at radius 1 is 1.48 bits per heavy atom. The molecule has 0 aliphatic heterocycles. The normalized spacial score (nSPS) is 21.1. The van der Waals surface area contributed by atoms with Crippen LogP contribution in [0.25, 0.3) is 0 Å². The molecular weight excluding hydrogens is 421 g/mol. The maximum atomic E-state index is 4.71. The number of aryl methyl sites for hydroxylation is 2. The zero-order valence-electron chi connectivity index (χ0n) is 14.4. The minimum atomic E-state index is 0. The number of halogens is 1. The fourth-order valence-corrected chi connectivity index (χ4v) is 3.68. The highest BCUT2D eigenvalue weighted by Gasteiger charge is 2.24. The van der Waals surface area contributed by atoms with E-state index in [0.29, 0.717) is 6.04 Å². The van der Waals surface area contributed by atoms with Crippen LogP contribution in [0, 0.1) is 6.92 Å². The standard InChI is InChI=1S/C16H29N5S.HI/c1-4-17-16(20-14-7-8-15(10-14)22-3)18-9-5-6-13-11-19-21-12(13)2;/h11,14-15H,4-10H2,1-3H3,(H,19,21)(H2,17,18,20);1H. The van der Waals surface area contributed by atoms with Gasteiger partial charge in [-0.25, -0.2) is 0 Å². The Balaban J connectivity index is 0.00000264. The highest BCUT2D eigenvalue weighted by atomic mass is 127. The SMILES string of the molecule is CCNC(=NCCCc1cn[nH]c1C)NC1CCC(SC)C1.I. The highest BCUT2D eigenvalue weighted by molar-refractivity contribution is 14.0. The fourth-order valence-electron chi connectivity index (χ4n) is 2.89. The lowest BCUT2D eigenvalue weighted by Crippen LogP contribution is -2.42. The second kappa shape index (κ2) is 11.2. The van der Waals surface area contributed by atoms with Crippen LogP contribution in [0.5, 0.6) is 0 Å². The predicted molar refractivity (Wildman–Crippen MR) is 111 cm³/mol. The first kappa shape index (κ1) is 20.6. The van der Waals surface area contributed by atoms with Gasteiger partial charge in [-0.15, -0.1) is 24.0 Å². The van der Waals surface area contributed by atoms with Crippen LogP contribution in [0.4, 0.5) is 0 Å². The number of hydrogen-bond donors (Lipinski definition) is 3. The van der Waals surface area contributed by atoms with E-state index in [1.165, 1.54) is 30.5 Å². The van der Waals surface area contributed by atoms with E-state index in [1.807, 2.05) is 18.0 Å². The number of aromatic amines is 1. The zero-order chi connectivity index (χ0) is 15.8. The molecule has 1 aliphatic rings. The number of aliphatic imine (C=N–C) groups is 1. The van der Waals surface area contributed by atoms with Crippen LogP contribution in [0.1, 0.15) is 43.9 Å². The third-order valence-corrected chi connectivity index (χ3v) is 5.31. The van der Waals surface area contributed by atoms with Crippen molar-refractivity contribution in [2.45, 2.75) is 57.2 Å². The molecule has 5 nitrogen and oxygen atoms in total. The molecular formula is C16H30IN5S. The van der Waals surface area contributed by atoms with E-state index >= 15 is 0 Å². The van der Waals surface area contributed by atoms with Gasteiger partial charge < -0.3 is 10.6 Å². The predicted octanol–water partition coefficient (Wildman–Crippen LogP) is 3.11. The maximum absolute atomic E-state index is 4.71.